The number of pyridine rings is 1. The van der Waals surface area contributed by atoms with Crippen molar-refractivity contribution in [3.8, 4) is 0 Å². The molecular formula is C14H14N2O2. The lowest BCUT2D eigenvalue weighted by Gasteiger charge is -2.10. The van der Waals surface area contributed by atoms with Gasteiger partial charge < -0.3 is 10.4 Å². The van der Waals surface area contributed by atoms with Crippen LogP contribution in [-0.2, 0) is 0 Å². The van der Waals surface area contributed by atoms with E-state index in [1.54, 1.807) is 12.1 Å². The number of carbonyl (C=O) groups is 1. The van der Waals surface area contributed by atoms with Gasteiger partial charge in [-0.05, 0) is 43.2 Å². The molecule has 0 fully saturated rings. The van der Waals surface area contributed by atoms with Crippen molar-refractivity contribution in [3.63, 3.8) is 0 Å². The fraction of sp³-hybridized carbons (Fsp3) is 0.143. The SMILES string of the molecule is Cc1ccc(C)c(Nc2cccc(C(=O)O)n2)c1. The fourth-order valence-corrected chi connectivity index (χ4v) is 1.63. The molecule has 0 spiro atoms. The normalized spacial score (nSPS) is 10.1. The minimum Gasteiger partial charge on any atom is -0.477 e. The Morgan fingerprint density at radius 3 is 2.72 bits per heavy atom. The van der Waals surface area contributed by atoms with Gasteiger partial charge >= 0.3 is 5.97 Å². The number of aryl methyl sites for hydroxylation is 2. The van der Waals surface area contributed by atoms with Crippen molar-refractivity contribution in [2.75, 3.05) is 5.32 Å². The first-order chi connectivity index (χ1) is 8.56. The number of benzene rings is 1. The minimum absolute atomic E-state index is 0.0327. The van der Waals surface area contributed by atoms with Crippen LogP contribution in [0.4, 0.5) is 11.5 Å². The molecule has 4 nitrogen and oxygen atoms in total. The summed E-state index contributed by atoms with van der Waals surface area (Å²) in [5, 5.41) is 12.0. The van der Waals surface area contributed by atoms with E-state index < -0.39 is 5.97 Å². The van der Waals surface area contributed by atoms with E-state index in [0.717, 1.165) is 16.8 Å². The van der Waals surface area contributed by atoms with Gasteiger partial charge in [0.1, 0.15) is 5.82 Å². The highest BCUT2D eigenvalue weighted by molar-refractivity contribution is 5.85. The van der Waals surface area contributed by atoms with Crippen LogP contribution in [0.25, 0.3) is 0 Å². The molecule has 18 heavy (non-hydrogen) atoms. The second kappa shape index (κ2) is 4.87. The summed E-state index contributed by atoms with van der Waals surface area (Å²) >= 11 is 0. The third-order valence-corrected chi connectivity index (χ3v) is 2.62. The highest BCUT2D eigenvalue weighted by Gasteiger charge is 2.06. The van der Waals surface area contributed by atoms with Crippen LogP contribution in [0.3, 0.4) is 0 Å². The maximum absolute atomic E-state index is 10.8. The molecule has 0 atom stereocenters. The third kappa shape index (κ3) is 2.66. The van der Waals surface area contributed by atoms with Crippen LogP contribution >= 0.6 is 0 Å². The van der Waals surface area contributed by atoms with Gasteiger partial charge in [0.25, 0.3) is 0 Å². The molecule has 2 aromatic rings. The summed E-state index contributed by atoms with van der Waals surface area (Å²) in [5.74, 6) is -0.497. The number of rotatable bonds is 3. The molecule has 0 amide bonds. The smallest absolute Gasteiger partial charge is 0.354 e. The highest BCUT2D eigenvalue weighted by atomic mass is 16.4. The Hall–Kier alpha value is -2.36. The predicted octanol–water partition coefficient (Wildman–Crippen LogP) is 3.14. The Kier molecular flexibility index (Phi) is 3.28. The summed E-state index contributed by atoms with van der Waals surface area (Å²) in [6.07, 6.45) is 0. The van der Waals surface area contributed by atoms with Gasteiger partial charge in [0.15, 0.2) is 5.69 Å². The van der Waals surface area contributed by atoms with Gasteiger partial charge in [-0.25, -0.2) is 9.78 Å². The summed E-state index contributed by atoms with van der Waals surface area (Å²) in [6.45, 7) is 3.99. The first-order valence-corrected chi connectivity index (χ1v) is 5.61. The minimum atomic E-state index is -1.03. The predicted molar refractivity (Wildman–Crippen MR) is 70.4 cm³/mol. The number of carboxylic acids is 1. The van der Waals surface area contributed by atoms with E-state index in [-0.39, 0.29) is 5.69 Å². The van der Waals surface area contributed by atoms with Crippen molar-refractivity contribution in [2.45, 2.75) is 13.8 Å². The zero-order valence-electron chi connectivity index (χ0n) is 10.3. The lowest BCUT2D eigenvalue weighted by molar-refractivity contribution is 0.0690. The van der Waals surface area contributed by atoms with E-state index in [4.69, 9.17) is 5.11 Å². The molecule has 0 aliphatic carbocycles. The molecule has 0 saturated heterocycles. The molecule has 1 aromatic carbocycles. The quantitative estimate of drug-likeness (QED) is 0.868. The lowest BCUT2D eigenvalue weighted by atomic mass is 10.1. The van der Waals surface area contributed by atoms with Gasteiger partial charge in [-0.15, -0.1) is 0 Å². The first-order valence-electron chi connectivity index (χ1n) is 5.61. The van der Waals surface area contributed by atoms with Crippen LogP contribution in [0.2, 0.25) is 0 Å². The van der Waals surface area contributed by atoms with Crippen LogP contribution in [0.1, 0.15) is 21.6 Å². The summed E-state index contributed by atoms with van der Waals surface area (Å²) < 4.78 is 0. The summed E-state index contributed by atoms with van der Waals surface area (Å²) in [7, 11) is 0. The van der Waals surface area contributed by atoms with Gasteiger partial charge in [-0.3, -0.25) is 0 Å². The Balaban J connectivity index is 2.31. The van der Waals surface area contributed by atoms with Gasteiger partial charge in [-0.2, -0.15) is 0 Å². The average Bonchev–Trinajstić information content (AvgIpc) is 2.34. The second-order valence-corrected chi connectivity index (χ2v) is 4.16. The molecule has 2 N–H and O–H groups in total. The summed E-state index contributed by atoms with van der Waals surface area (Å²) in [4.78, 5) is 14.9. The van der Waals surface area contributed by atoms with Crippen molar-refractivity contribution in [3.05, 3.63) is 53.2 Å². The van der Waals surface area contributed by atoms with Crippen LogP contribution < -0.4 is 5.32 Å². The molecule has 1 aromatic heterocycles. The lowest BCUT2D eigenvalue weighted by Crippen LogP contribution is -2.03. The number of nitrogens with zero attached hydrogens (tertiary/aromatic N) is 1. The molecule has 92 valence electrons. The molecule has 1 heterocycles. The van der Waals surface area contributed by atoms with Gasteiger partial charge in [-0.1, -0.05) is 18.2 Å². The zero-order valence-corrected chi connectivity index (χ0v) is 10.3. The largest absolute Gasteiger partial charge is 0.477 e. The van der Waals surface area contributed by atoms with E-state index in [1.165, 1.54) is 6.07 Å². The Labute approximate surface area is 105 Å². The monoisotopic (exact) mass is 242 g/mol. The van der Waals surface area contributed by atoms with Crippen LogP contribution in [0, 0.1) is 13.8 Å². The number of hydrogen-bond donors (Lipinski definition) is 2. The van der Waals surface area contributed by atoms with Gasteiger partial charge in [0, 0.05) is 5.69 Å². The van der Waals surface area contributed by atoms with Gasteiger partial charge in [0.05, 0.1) is 0 Å². The molecular weight excluding hydrogens is 228 g/mol. The third-order valence-electron chi connectivity index (χ3n) is 2.62. The van der Waals surface area contributed by atoms with Crippen molar-refractivity contribution < 1.29 is 9.90 Å². The van der Waals surface area contributed by atoms with Crippen molar-refractivity contribution >= 4 is 17.5 Å². The van der Waals surface area contributed by atoms with Gasteiger partial charge in [0.2, 0.25) is 0 Å². The molecule has 0 saturated carbocycles. The summed E-state index contributed by atoms with van der Waals surface area (Å²) in [5.41, 5.74) is 3.19. The Morgan fingerprint density at radius 1 is 1.22 bits per heavy atom. The average molecular weight is 242 g/mol. The topological polar surface area (TPSA) is 62.2 Å². The second-order valence-electron chi connectivity index (χ2n) is 4.16. The number of nitrogens with one attached hydrogen (secondary N) is 1. The maximum Gasteiger partial charge on any atom is 0.354 e. The molecule has 4 heteroatoms. The van der Waals surface area contributed by atoms with Crippen molar-refractivity contribution in [1.29, 1.82) is 0 Å². The van der Waals surface area contributed by atoms with Crippen molar-refractivity contribution in [2.24, 2.45) is 0 Å². The van der Waals surface area contributed by atoms with E-state index >= 15 is 0 Å². The number of aromatic nitrogens is 1. The van der Waals surface area contributed by atoms with E-state index in [0.29, 0.717) is 5.82 Å². The highest BCUT2D eigenvalue weighted by Crippen LogP contribution is 2.20. The molecule has 0 unspecified atom stereocenters. The number of anilines is 2. The zero-order chi connectivity index (χ0) is 13.1. The molecule has 0 bridgehead atoms. The number of carboxylic acid groups (broad SMARTS) is 1. The number of hydrogen-bond acceptors (Lipinski definition) is 3. The molecule has 0 radical (unpaired) electrons. The Bertz CT molecular complexity index is 594. The molecule has 2 rings (SSSR count). The number of aromatic carboxylic acids is 1. The van der Waals surface area contributed by atoms with Crippen LogP contribution in [0.15, 0.2) is 36.4 Å². The van der Waals surface area contributed by atoms with E-state index in [1.807, 2.05) is 32.0 Å². The first kappa shape index (κ1) is 12.1. The van der Waals surface area contributed by atoms with E-state index in [2.05, 4.69) is 10.3 Å². The summed E-state index contributed by atoms with van der Waals surface area (Å²) in [6, 6.07) is 10.9. The van der Waals surface area contributed by atoms with Crippen molar-refractivity contribution in [1.82, 2.24) is 4.98 Å². The Morgan fingerprint density at radius 2 is 2.00 bits per heavy atom. The van der Waals surface area contributed by atoms with Crippen LogP contribution in [0.5, 0.6) is 0 Å². The molecule has 0 aliphatic rings. The fourth-order valence-electron chi connectivity index (χ4n) is 1.63. The maximum atomic E-state index is 10.8. The van der Waals surface area contributed by atoms with E-state index in [9.17, 15) is 4.79 Å². The van der Waals surface area contributed by atoms with Crippen LogP contribution in [-0.4, -0.2) is 16.1 Å². The standard InChI is InChI=1S/C14H14N2O2/c1-9-6-7-10(2)12(8-9)16-13-5-3-4-11(15-13)14(17)18/h3-8H,1-2H3,(H,15,16)(H,17,18). The molecule has 0 aliphatic heterocycles.